The van der Waals surface area contributed by atoms with Crippen LogP contribution in [0.1, 0.15) is 6.42 Å². The molecule has 150 valence electrons. The van der Waals surface area contributed by atoms with E-state index >= 15 is 0 Å². The van der Waals surface area contributed by atoms with E-state index in [1.54, 1.807) is 11.3 Å². The lowest BCUT2D eigenvalue weighted by atomic mass is 10.1. The van der Waals surface area contributed by atoms with Crippen molar-refractivity contribution >= 4 is 23.0 Å². The normalized spacial score (nSPS) is 14.7. The van der Waals surface area contributed by atoms with E-state index in [1.807, 2.05) is 24.3 Å². The number of aliphatic carboxylic acids is 1. The van der Waals surface area contributed by atoms with Gasteiger partial charge in [0.15, 0.2) is 0 Å². The minimum Gasteiger partial charge on any atom is -0.481 e. The van der Waals surface area contributed by atoms with E-state index < -0.39 is 5.97 Å². The number of hydrogen-bond acceptors (Lipinski definition) is 5. The van der Waals surface area contributed by atoms with E-state index in [4.69, 9.17) is 9.84 Å². The summed E-state index contributed by atoms with van der Waals surface area (Å²) in [7, 11) is 0. The Labute approximate surface area is 174 Å². The van der Waals surface area contributed by atoms with Gasteiger partial charge in [-0.3, -0.25) is 9.69 Å². The van der Waals surface area contributed by atoms with Crippen LogP contribution >= 0.6 is 11.3 Å². The zero-order valence-electron chi connectivity index (χ0n) is 16.2. The maximum atomic E-state index is 10.7. The molecular weight excluding hydrogens is 384 g/mol. The highest BCUT2D eigenvalue weighted by Crippen LogP contribution is 2.28. The van der Waals surface area contributed by atoms with Crippen molar-refractivity contribution in [2.24, 2.45) is 0 Å². The Morgan fingerprint density at radius 2 is 1.55 bits per heavy atom. The third-order valence-electron chi connectivity index (χ3n) is 5.16. The first-order chi connectivity index (χ1) is 14.2. The van der Waals surface area contributed by atoms with Gasteiger partial charge in [0.1, 0.15) is 11.5 Å². The zero-order valence-corrected chi connectivity index (χ0v) is 17.0. The summed E-state index contributed by atoms with van der Waals surface area (Å²) >= 11 is 1.70. The van der Waals surface area contributed by atoms with Crippen LogP contribution in [0.25, 0.3) is 11.1 Å². The molecule has 1 saturated heterocycles. The minimum atomic E-state index is -0.732. The second-order valence-electron chi connectivity index (χ2n) is 7.10. The largest absolute Gasteiger partial charge is 0.481 e. The molecule has 0 radical (unpaired) electrons. The summed E-state index contributed by atoms with van der Waals surface area (Å²) in [6.07, 6.45) is 0.209. The number of hydrogen-bond donors (Lipinski definition) is 1. The topological polar surface area (TPSA) is 53.0 Å². The molecule has 0 atom stereocenters. The molecule has 0 amide bonds. The van der Waals surface area contributed by atoms with Crippen LogP contribution in [0.4, 0.5) is 5.69 Å². The molecular formula is C23H24N2O3S. The number of ether oxygens (including phenoxy) is 1. The van der Waals surface area contributed by atoms with Gasteiger partial charge in [0.25, 0.3) is 0 Å². The molecule has 2 heterocycles. The number of carbonyl (C=O) groups is 1. The summed E-state index contributed by atoms with van der Waals surface area (Å²) < 4.78 is 5.98. The molecule has 0 saturated carbocycles. The first-order valence-electron chi connectivity index (χ1n) is 9.77. The van der Waals surface area contributed by atoms with Crippen LogP contribution in [0.5, 0.6) is 11.5 Å². The minimum absolute atomic E-state index is 0.209. The average Bonchev–Trinajstić information content (AvgIpc) is 3.29. The van der Waals surface area contributed by atoms with Gasteiger partial charge in [0.05, 0.1) is 6.42 Å². The average molecular weight is 409 g/mol. The van der Waals surface area contributed by atoms with E-state index in [2.05, 4.69) is 50.9 Å². The number of thiophene rings is 1. The molecule has 1 aromatic heterocycles. The highest BCUT2D eigenvalue weighted by atomic mass is 32.1. The Balaban J connectivity index is 1.31. The van der Waals surface area contributed by atoms with E-state index in [0.29, 0.717) is 6.54 Å². The third-order valence-corrected chi connectivity index (χ3v) is 5.84. The number of piperazine rings is 1. The van der Waals surface area contributed by atoms with Gasteiger partial charge in [-0.05, 0) is 64.4 Å². The van der Waals surface area contributed by atoms with Gasteiger partial charge in [-0.15, -0.1) is 0 Å². The fourth-order valence-electron chi connectivity index (χ4n) is 3.49. The van der Waals surface area contributed by atoms with E-state index in [1.165, 1.54) is 16.8 Å². The van der Waals surface area contributed by atoms with Crippen LogP contribution in [0.15, 0.2) is 65.4 Å². The number of rotatable bonds is 7. The smallest absolute Gasteiger partial charge is 0.304 e. The van der Waals surface area contributed by atoms with Crippen molar-refractivity contribution in [1.29, 1.82) is 0 Å². The van der Waals surface area contributed by atoms with Gasteiger partial charge in [-0.25, -0.2) is 0 Å². The number of nitrogens with zero attached hydrogens (tertiary/aromatic N) is 2. The first-order valence-corrected chi connectivity index (χ1v) is 10.7. The number of carboxylic acids is 1. The van der Waals surface area contributed by atoms with E-state index in [-0.39, 0.29) is 6.42 Å². The Kier molecular flexibility index (Phi) is 6.12. The molecule has 1 N–H and O–H groups in total. The van der Waals surface area contributed by atoms with Crippen molar-refractivity contribution in [2.75, 3.05) is 37.6 Å². The number of benzene rings is 2. The van der Waals surface area contributed by atoms with Gasteiger partial charge in [0, 0.05) is 38.4 Å². The predicted octanol–water partition coefficient (Wildman–Crippen LogP) is 4.80. The maximum Gasteiger partial charge on any atom is 0.304 e. The lowest BCUT2D eigenvalue weighted by Crippen LogP contribution is -2.46. The van der Waals surface area contributed by atoms with Crippen molar-refractivity contribution in [3.8, 4) is 22.6 Å². The van der Waals surface area contributed by atoms with E-state index in [9.17, 15) is 4.79 Å². The third kappa shape index (κ3) is 5.16. The van der Waals surface area contributed by atoms with Crippen LogP contribution in [0.3, 0.4) is 0 Å². The fourth-order valence-corrected chi connectivity index (χ4v) is 4.15. The van der Waals surface area contributed by atoms with Gasteiger partial charge in [0.2, 0.25) is 0 Å². The Morgan fingerprint density at radius 1 is 0.897 bits per heavy atom. The molecule has 2 aromatic carbocycles. The fraction of sp³-hybridized carbons (Fsp3) is 0.261. The summed E-state index contributed by atoms with van der Waals surface area (Å²) in [5.74, 6) is 0.907. The van der Waals surface area contributed by atoms with Crippen LogP contribution in [-0.4, -0.2) is 48.7 Å². The standard InChI is InChI=1S/C23H24N2O3S/c26-23(27)9-11-24-12-14-25(15-13-24)20-3-7-22(8-4-20)28-21-5-1-18(2-6-21)19-10-16-29-17-19/h1-8,10,16-17H,9,11-15H2,(H,26,27). The number of carboxylic acid groups (broad SMARTS) is 1. The van der Waals surface area contributed by atoms with Crippen molar-refractivity contribution in [3.05, 3.63) is 65.4 Å². The molecule has 29 heavy (non-hydrogen) atoms. The molecule has 4 rings (SSSR count). The van der Waals surface area contributed by atoms with Crippen LogP contribution in [0.2, 0.25) is 0 Å². The van der Waals surface area contributed by atoms with Crippen molar-refractivity contribution in [3.63, 3.8) is 0 Å². The molecule has 1 aliphatic rings. The summed E-state index contributed by atoms with van der Waals surface area (Å²) in [4.78, 5) is 15.3. The molecule has 0 aliphatic carbocycles. The van der Waals surface area contributed by atoms with Crippen LogP contribution in [0, 0.1) is 0 Å². The van der Waals surface area contributed by atoms with Gasteiger partial charge in [-0.1, -0.05) is 12.1 Å². The highest BCUT2D eigenvalue weighted by Gasteiger charge is 2.17. The van der Waals surface area contributed by atoms with Crippen molar-refractivity contribution in [1.82, 2.24) is 4.90 Å². The summed E-state index contributed by atoms with van der Waals surface area (Å²) in [6, 6.07) is 18.4. The zero-order chi connectivity index (χ0) is 20.1. The molecule has 3 aromatic rings. The Morgan fingerprint density at radius 3 is 2.14 bits per heavy atom. The lowest BCUT2D eigenvalue weighted by Gasteiger charge is -2.35. The van der Waals surface area contributed by atoms with Gasteiger partial charge < -0.3 is 14.7 Å². The van der Waals surface area contributed by atoms with Crippen molar-refractivity contribution < 1.29 is 14.6 Å². The predicted molar refractivity (Wildman–Crippen MR) is 117 cm³/mol. The molecule has 5 nitrogen and oxygen atoms in total. The molecule has 1 aliphatic heterocycles. The maximum absolute atomic E-state index is 10.7. The summed E-state index contributed by atoms with van der Waals surface area (Å²) in [5.41, 5.74) is 3.59. The second kappa shape index (κ2) is 9.11. The molecule has 0 spiro atoms. The monoisotopic (exact) mass is 408 g/mol. The lowest BCUT2D eigenvalue weighted by molar-refractivity contribution is -0.137. The van der Waals surface area contributed by atoms with Crippen LogP contribution in [-0.2, 0) is 4.79 Å². The summed E-state index contributed by atoms with van der Waals surface area (Å²) in [6.45, 7) is 4.22. The SMILES string of the molecule is O=C(O)CCN1CCN(c2ccc(Oc3ccc(-c4ccsc4)cc3)cc2)CC1. The molecule has 1 fully saturated rings. The second-order valence-corrected chi connectivity index (χ2v) is 7.88. The van der Waals surface area contributed by atoms with Gasteiger partial charge >= 0.3 is 5.97 Å². The Hall–Kier alpha value is -2.83. The Bertz CT molecular complexity index is 916. The molecule has 6 heteroatoms. The van der Waals surface area contributed by atoms with Crippen molar-refractivity contribution in [2.45, 2.75) is 6.42 Å². The van der Waals surface area contributed by atoms with E-state index in [0.717, 1.165) is 37.7 Å². The quantitative estimate of drug-likeness (QED) is 0.608. The first kappa shape index (κ1) is 19.5. The molecule has 0 bridgehead atoms. The summed E-state index contributed by atoms with van der Waals surface area (Å²) in [5, 5.41) is 13.0. The van der Waals surface area contributed by atoms with Gasteiger partial charge in [-0.2, -0.15) is 11.3 Å². The number of anilines is 1. The highest BCUT2D eigenvalue weighted by molar-refractivity contribution is 7.08. The molecule has 0 unspecified atom stereocenters. The van der Waals surface area contributed by atoms with Crippen LogP contribution < -0.4 is 9.64 Å².